The van der Waals surface area contributed by atoms with Gasteiger partial charge in [0.2, 0.25) is 5.88 Å². The minimum absolute atomic E-state index is 0.0823. The molecule has 39 heavy (non-hydrogen) atoms. The second-order valence-corrected chi connectivity index (χ2v) is 9.97. The Balaban J connectivity index is 1.19. The highest BCUT2D eigenvalue weighted by Crippen LogP contribution is 2.41. The summed E-state index contributed by atoms with van der Waals surface area (Å²) in [6.07, 6.45) is 1.25. The van der Waals surface area contributed by atoms with E-state index in [0.717, 1.165) is 48.7 Å². The molecule has 0 saturated carbocycles. The van der Waals surface area contributed by atoms with Gasteiger partial charge in [0.1, 0.15) is 22.6 Å². The van der Waals surface area contributed by atoms with Gasteiger partial charge in [-0.25, -0.2) is 19.7 Å². The summed E-state index contributed by atoms with van der Waals surface area (Å²) in [5.41, 5.74) is 5.25. The number of nitro groups is 1. The first kappa shape index (κ1) is 24.5. The molecule has 0 saturated heterocycles. The van der Waals surface area contributed by atoms with Crippen LogP contribution in [0.3, 0.4) is 0 Å². The van der Waals surface area contributed by atoms with E-state index in [4.69, 9.17) is 19.2 Å². The van der Waals surface area contributed by atoms with E-state index >= 15 is 0 Å². The van der Waals surface area contributed by atoms with Gasteiger partial charge in [0, 0.05) is 29.7 Å². The molecular formula is C27H21N5O6S. The maximum Gasteiger partial charge on any atom is 0.412 e. The largest absolute Gasteiger partial charge is 0.488 e. The number of methoxy groups -OCH3 is 1. The Hall–Kier alpha value is -4.84. The molecule has 0 fully saturated rings. The second kappa shape index (κ2) is 9.80. The summed E-state index contributed by atoms with van der Waals surface area (Å²) < 4.78 is 17.6. The average Bonchev–Trinajstić information content (AvgIpc) is 3.55. The Bertz CT molecular complexity index is 1750. The number of fused-ring (bicyclic) bond motifs is 4. The van der Waals surface area contributed by atoms with Crippen molar-refractivity contribution in [2.24, 2.45) is 0 Å². The number of aromatic nitrogens is 3. The van der Waals surface area contributed by atoms with E-state index < -0.39 is 11.0 Å². The fraction of sp³-hybridized carbons (Fsp3) is 0.185. The van der Waals surface area contributed by atoms with Crippen molar-refractivity contribution >= 4 is 44.4 Å². The molecule has 12 heteroatoms. The summed E-state index contributed by atoms with van der Waals surface area (Å²) in [7, 11) is 1.56. The molecule has 1 amide bonds. The Morgan fingerprint density at radius 1 is 1.18 bits per heavy atom. The van der Waals surface area contributed by atoms with E-state index in [2.05, 4.69) is 21.4 Å². The van der Waals surface area contributed by atoms with Crippen LogP contribution >= 0.6 is 11.3 Å². The van der Waals surface area contributed by atoms with Crippen LogP contribution in [0.15, 0.2) is 54.7 Å². The third-order valence-corrected chi connectivity index (χ3v) is 7.45. The van der Waals surface area contributed by atoms with Crippen LogP contribution in [-0.2, 0) is 6.42 Å². The highest BCUT2D eigenvalue weighted by Gasteiger charge is 2.27. The molecule has 2 aromatic heterocycles. The maximum atomic E-state index is 12.3. The first-order chi connectivity index (χ1) is 18.9. The zero-order valence-electron chi connectivity index (χ0n) is 20.8. The van der Waals surface area contributed by atoms with Crippen molar-refractivity contribution in [2.75, 3.05) is 13.7 Å². The van der Waals surface area contributed by atoms with E-state index in [1.54, 1.807) is 24.6 Å². The summed E-state index contributed by atoms with van der Waals surface area (Å²) in [5, 5.41) is 14.3. The lowest BCUT2D eigenvalue weighted by Gasteiger charge is -2.12. The zero-order valence-corrected chi connectivity index (χ0v) is 21.7. The number of non-ortho nitro benzene ring substituents is 1. The number of rotatable bonds is 6. The Labute approximate surface area is 225 Å². The van der Waals surface area contributed by atoms with Crippen molar-refractivity contribution in [1.82, 2.24) is 20.3 Å². The van der Waals surface area contributed by atoms with E-state index in [1.165, 1.54) is 24.3 Å². The van der Waals surface area contributed by atoms with Gasteiger partial charge in [-0.05, 0) is 48.9 Å². The molecule has 0 spiro atoms. The number of ether oxygens (including phenoxy) is 3. The number of carbonyl (C=O) groups excluding carboxylic acids is 1. The lowest BCUT2D eigenvalue weighted by Crippen LogP contribution is -2.36. The fourth-order valence-corrected chi connectivity index (χ4v) is 5.62. The summed E-state index contributed by atoms with van der Waals surface area (Å²) in [4.78, 5) is 36.5. The Morgan fingerprint density at radius 2 is 2.00 bits per heavy atom. The van der Waals surface area contributed by atoms with Gasteiger partial charge in [-0.2, -0.15) is 0 Å². The minimum atomic E-state index is -0.669. The molecule has 1 N–H and O–H groups in total. The van der Waals surface area contributed by atoms with E-state index in [9.17, 15) is 14.9 Å². The third-order valence-electron chi connectivity index (χ3n) is 6.28. The second-order valence-electron chi connectivity index (χ2n) is 8.97. The molecule has 6 rings (SSSR count). The van der Waals surface area contributed by atoms with Crippen LogP contribution in [0.2, 0.25) is 0 Å². The van der Waals surface area contributed by atoms with Gasteiger partial charge in [-0.3, -0.25) is 10.1 Å². The normalized spacial score (nSPS) is 14.2. The first-order valence-corrected chi connectivity index (χ1v) is 12.8. The van der Waals surface area contributed by atoms with Crippen LogP contribution in [0, 0.1) is 17.0 Å². The summed E-state index contributed by atoms with van der Waals surface area (Å²) in [6, 6.07) is 13.1. The lowest BCUT2D eigenvalue weighted by molar-refractivity contribution is -0.384. The van der Waals surface area contributed by atoms with Gasteiger partial charge in [0.25, 0.3) is 5.69 Å². The molecule has 1 atom stereocenters. The summed E-state index contributed by atoms with van der Waals surface area (Å²) >= 11 is 1.57. The van der Waals surface area contributed by atoms with Crippen LogP contribution in [0.1, 0.15) is 11.1 Å². The monoisotopic (exact) mass is 543 g/mol. The van der Waals surface area contributed by atoms with Crippen molar-refractivity contribution in [3.05, 3.63) is 76.0 Å². The predicted molar refractivity (Wildman–Crippen MR) is 145 cm³/mol. The van der Waals surface area contributed by atoms with Crippen LogP contribution in [0.4, 0.5) is 10.5 Å². The average molecular weight is 544 g/mol. The number of carbonyl (C=O) groups is 1. The topological polar surface area (TPSA) is 139 Å². The van der Waals surface area contributed by atoms with Crippen molar-refractivity contribution in [3.63, 3.8) is 0 Å². The first-order valence-electron chi connectivity index (χ1n) is 12.0. The standard InChI is InChI=1S/C27H21N5O6S/c1-14-9-19(24-21(10-14)30-23(36-2)13-28-24)26-31-20-7-8-22-18(25(20)39-26)11-17(37-22)12-29-27(33)38-16-5-3-15(4-6-16)32(34)35/h3-10,13,17H,11-12H2,1-2H3,(H,29,33)/t17-/m0/s1. The van der Waals surface area contributed by atoms with Crippen molar-refractivity contribution in [2.45, 2.75) is 19.4 Å². The number of nitrogens with zero attached hydrogens (tertiary/aromatic N) is 4. The number of aryl methyl sites for hydroxylation is 1. The Morgan fingerprint density at radius 3 is 2.77 bits per heavy atom. The highest BCUT2D eigenvalue weighted by atomic mass is 32.1. The molecule has 0 radical (unpaired) electrons. The van der Waals surface area contributed by atoms with E-state index in [-0.39, 0.29) is 24.1 Å². The van der Waals surface area contributed by atoms with Gasteiger partial charge in [-0.15, -0.1) is 11.3 Å². The van der Waals surface area contributed by atoms with Crippen LogP contribution < -0.4 is 19.5 Å². The van der Waals surface area contributed by atoms with Gasteiger partial charge in [-0.1, -0.05) is 0 Å². The van der Waals surface area contributed by atoms with Crippen LogP contribution in [0.5, 0.6) is 17.4 Å². The van der Waals surface area contributed by atoms with Gasteiger partial charge in [0.05, 0.1) is 46.0 Å². The molecule has 0 unspecified atom stereocenters. The van der Waals surface area contributed by atoms with Crippen molar-refractivity contribution < 1.29 is 23.9 Å². The molecule has 1 aliphatic rings. The number of amides is 1. The maximum absolute atomic E-state index is 12.3. The molecule has 0 aliphatic carbocycles. The number of hydrogen-bond donors (Lipinski definition) is 1. The molecule has 1 aliphatic heterocycles. The zero-order chi connectivity index (χ0) is 27.1. The predicted octanol–water partition coefficient (Wildman–Crippen LogP) is 5.22. The molecule has 196 valence electrons. The Kier molecular flexibility index (Phi) is 6.15. The SMILES string of the molecule is COc1cnc2c(-c3nc4ccc5c(c4s3)C[C@@H](CNC(=O)Oc3ccc([N+](=O)[O-])cc3)O5)cc(C)cc2n1. The number of benzene rings is 3. The third kappa shape index (κ3) is 4.77. The quantitative estimate of drug-likeness (QED) is 0.225. The number of hydrogen-bond acceptors (Lipinski definition) is 10. The minimum Gasteiger partial charge on any atom is -0.488 e. The molecular weight excluding hydrogens is 522 g/mol. The molecule has 3 heterocycles. The molecule has 3 aromatic carbocycles. The molecule has 0 bridgehead atoms. The van der Waals surface area contributed by atoms with Crippen molar-refractivity contribution in [3.8, 4) is 28.0 Å². The summed E-state index contributed by atoms with van der Waals surface area (Å²) in [6.45, 7) is 2.24. The number of thiazole rings is 1. The summed E-state index contributed by atoms with van der Waals surface area (Å²) in [5.74, 6) is 1.42. The van der Waals surface area contributed by atoms with E-state index in [1.807, 2.05) is 25.1 Å². The van der Waals surface area contributed by atoms with Gasteiger partial charge >= 0.3 is 6.09 Å². The van der Waals surface area contributed by atoms with Gasteiger partial charge < -0.3 is 19.5 Å². The molecule has 11 nitrogen and oxygen atoms in total. The highest BCUT2D eigenvalue weighted by molar-refractivity contribution is 7.22. The number of nitro benzene ring substituents is 1. The van der Waals surface area contributed by atoms with Crippen LogP contribution in [-0.4, -0.2) is 45.7 Å². The lowest BCUT2D eigenvalue weighted by atomic mass is 10.1. The van der Waals surface area contributed by atoms with Crippen molar-refractivity contribution in [1.29, 1.82) is 0 Å². The van der Waals surface area contributed by atoms with Gasteiger partial charge in [0.15, 0.2) is 0 Å². The molecule has 5 aromatic rings. The fourth-order valence-electron chi connectivity index (χ4n) is 4.50. The van der Waals surface area contributed by atoms with E-state index in [0.29, 0.717) is 12.3 Å². The smallest absolute Gasteiger partial charge is 0.412 e. The number of nitrogens with one attached hydrogen (secondary N) is 1. The van der Waals surface area contributed by atoms with Crippen LogP contribution in [0.25, 0.3) is 31.8 Å².